The lowest BCUT2D eigenvalue weighted by Crippen LogP contribution is -2.42. The van der Waals surface area contributed by atoms with E-state index in [-0.39, 0.29) is 35.8 Å². The number of carbonyl (C=O) groups excluding carboxylic acids is 3. The first-order valence-electron chi connectivity index (χ1n) is 17.7. The van der Waals surface area contributed by atoms with Gasteiger partial charge in [0.2, 0.25) is 5.91 Å². The lowest BCUT2D eigenvalue weighted by atomic mass is 9.94. The summed E-state index contributed by atoms with van der Waals surface area (Å²) < 4.78 is 20.7. The molecular formula is C39H50FN5O4. The van der Waals surface area contributed by atoms with Crippen LogP contribution in [0.3, 0.4) is 0 Å². The summed E-state index contributed by atoms with van der Waals surface area (Å²) in [5.41, 5.74) is 3.60. The van der Waals surface area contributed by atoms with E-state index in [0.717, 1.165) is 88.2 Å². The minimum absolute atomic E-state index is 0.0640. The van der Waals surface area contributed by atoms with Crippen LogP contribution in [0.1, 0.15) is 55.5 Å². The number of likely N-dealkylation sites (tertiary alicyclic amines) is 2. The van der Waals surface area contributed by atoms with E-state index in [4.69, 9.17) is 4.74 Å². The van der Waals surface area contributed by atoms with E-state index in [1.807, 2.05) is 79.4 Å². The van der Waals surface area contributed by atoms with Gasteiger partial charge in [-0.25, -0.2) is 9.18 Å². The van der Waals surface area contributed by atoms with E-state index in [0.29, 0.717) is 18.8 Å². The van der Waals surface area contributed by atoms with Crippen LogP contribution in [0.2, 0.25) is 0 Å². The van der Waals surface area contributed by atoms with Gasteiger partial charge in [-0.2, -0.15) is 0 Å². The number of nitrogens with one attached hydrogen (secondary N) is 2. The molecule has 262 valence electrons. The van der Waals surface area contributed by atoms with Gasteiger partial charge in [-0.15, -0.1) is 0 Å². The highest BCUT2D eigenvalue weighted by Crippen LogP contribution is 2.28. The number of ether oxygens (including phenoxy) is 1. The van der Waals surface area contributed by atoms with Crippen molar-refractivity contribution in [1.29, 1.82) is 0 Å². The Morgan fingerprint density at radius 3 is 2.22 bits per heavy atom. The number of nitrogens with zero attached hydrogens (tertiary/aromatic N) is 3. The van der Waals surface area contributed by atoms with Gasteiger partial charge in [-0.05, 0) is 81.9 Å². The zero-order valence-electron chi connectivity index (χ0n) is 28.8. The molecule has 0 radical (unpaired) electrons. The summed E-state index contributed by atoms with van der Waals surface area (Å²) in [6.07, 6.45) is 2.48. The van der Waals surface area contributed by atoms with Gasteiger partial charge in [0.25, 0.3) is 0 Å². The molecule has 5 rings (SSSR count). The summed E-state index contributed by atoms with van der Waals surface area (Å²) in [6.45, 7) is 10.7. The number of anilines is 1. The highest BCUT2D eigenvalue weighted by molar-refractivity contribution is 5.98. The Labute approximate surface area is 289 Å². The molecular weight excluding hydrogens is 621 g/mol. The molecule has 2 saturated heterocycles. The fourth-order valence-electron chi connectivity index (χ4n) is 6.81. The SMILES string of the molecule is CCN(CC)C(=O)C1CCN(Cc2ccc(C(=O)CNCCN3CCC(OC(=O)Nc4ccccc4-c4ccccc4)CC3)c(F)c2)CC1. The predicted octanol–water partition coefficient (Wildman–Crippen LogP) is 6.06. The standard InChI is InChI=1S/C39H50FN5O4/c1-3-45(4-2)38(47)31-16-21-44(22-17-31)28-29-14-15-34(35(40)26-29)37(46)27-41-20-25-43-23-18-32(19-24-43)49-39(48)42-36-13-9-8-12-33(36)30-10-6-5-7-11-30/h5-15,26,31-32,41H,3-4,16-25,27-28H2,1-2H3,(H,42,48). The van der Waals surface area contributed by atoms with Crippen LogP contribution in [0.15, 0.2) is 72.8 Å². The number of benzene rings is 3. The number of piperidine rings is 2. The van der Waals surface area contributed by atoms with Crippen molar-refractivity contribution in [2.75, 3.05) is 64.2 Å². The summed E-state index contributed by atoms with van der Waals surface area (Å²) in [7, 11) is 0. The number of para-hydroxylation sites is 1. The molecule has 0 aromatic heterocycles. The number of hydrogen-bond donors (Lipinski definition) is 2. The van der Waals surface area contributed by atoms with Crippen molar-refractivity contribution in [3.63, 3.8) is 0 Å². The monoisotopic (exact) mass is 671 g/mol. The zero-order valence-corrected chi connectivity index (χ0v) is 28.8. The molecule has 2 fully saturated rings. The molecule has 2 aliphatic heterocycles. The zero-order chi connectivity index (χ0) is 34.6. The molecule has 0 unspecified atom stereocenters. The normalized spacial score (nSPS) is 16.3. The first-order valence-corrected chi connectivity index (χ1v) is 17.7. The van der Waals surface area contributed by atoms with Crippen molar-refractivity contribution in [3.8, 4) is 11.1 Å². The van der Waals surface area contributed by atoms with Gasteiger partial charge in [-0.3, -0.25) is 19.8 Å². The molecule has 0 spiro atoms. The van der Waals surface area contributed by atoms with E-state index in [1.165, 1.54) is 6.07 Å². The first kappa shape index (κ1) is 36.2. The molecule has 0 bridgehead atoms. The second-order valence-electron chi connectivity index (χ2n) is 13.0. The predicted molar refractivity (Wildman–Crippen MR) is 191 cm³/mol. The van der Waals surface area contributed by atoms with Crippen molar-refractivity contribution in [2.45, 2.75) is 52.2 Å². The van der Waals surface area contributed by atoms with Crippen LogP contribution in [-0.4, -0.2) is 97.5 Å². The summed E-state index contributed by atoms with van der Waals surface area (Å²) >= 11 is 0. The van der Waals surface area contributed by atoms with Crippen LogP contribution < -0.4 is 10.6 Å². The summed E-state index contributed by atoms with van der Waals surface area (Å²) in [5, 5.41) is 6.08. The molecule has 2 heterocycles. The molecule has 2 N–H and O–H groups in total. The van der Waals surface area contributed by atoms with E-state index in [2.05, 4.69) is 20.4 Å². The number of carbonyl (C=O) groups is 3. The Balaban J connectivity index is 0.974. The number of halogens is 1. The van der Waals surface area contributed by atoms with E-state index in [1.54, 1.807) is 6.07 Å². The molecule has 9 nitrogen and oxygen atoms in total. The van der Waals surface area contributed by atoms with Crippen molar-refractivity contribution < 1.29 is 23.5 Å². The molecule has 2 amide bonds. The Morgan fingerprint density at radius 2 is 1.53 bits per heavy atom. The Kier molecular flexibility index (Phi) is 13.3. The molecule has 0 aliphatic carbocycles. The molecule has 0 saturated carbocycles. The van der Waals surface area contributed by atoms with Crippen molar-refractivity contribution >= 4 is 23.5 Å². The second-order valence-corrected chi connectivity index (χ2v) is 13.0. The topological polar surface area (TPSA) is 94.2 Å². The third-order valence-electron chi connectivity index (χ3n) is 9.70. The number of rotatable bonds is 14. The highest BCUT2D eigenvalue weighted by atomic mass is 19.1. The maximum atomic E-state index is 15.0. The molecule has 10 heteroatoms. The maximum absolute atomic E-state index is 15.0. The average Bonchev–Trinajstić information content (AvgIpc) is 3.12. The molecule has 3 aromatic carbocycles. The largest absolute Gasteiger partial charge is 0.446 e. The van der Waals surface area contributed by atoms with Gasteiger partial charge in [0.1, 0.15) is 11.9 Å². The van der Waals surface area contributed by atoms with Gasteiger partial charge in [-0.1, -0.05) is 54.6 Å². The molecule has 3 aromatic rings. The quantitative estimate of drug-likeness (QED) is 0.159. The average molecular weight is 672 g/mol. The fraction of sp³-hybridized carbons (Fsp3) is 0.462. The fourth-order valence-corrected chi connectivity index (χ4v) is 6.81. The van der Waals surface area contributed by atoms with Gasteiger partial charge < -0.3 is 19.9 Å². The van der Waals surface area contributed by atoms with Crippen LogP contribution >= 0.6 is 0 Å². The third kappa shape index (κ3) is 10.2. The summed E-state index contributed by atoms with van der Waals surface area (Å²) in [4.78, 5) is 44.6. The number of hydrogen-bond acceptors (Lipinski definition) is 7. The smallest absolute Gasteiger partial charge is 0.411 e. The number of amides is 2. The van der Waals surface area contributed by atoms with Crippen LogP contribution in [0.5, 0.6) is 0 Å². The van der Waals surface area contributed by atoms with Gasteiger partial charge >= 0.3 is 6.09 Å². The van der Waals surface area contributed by atoms with Gasteiger partial charge in [0, 0.05) is 57.3 Å². The van der Waals surface area contributed by atoms with Gasteiger partial charge in [0.05, 0.1) is 17.8 Å². The molecule has 2 aliphatic rings. The second kappa shape index (κ2) is 18.0. The summed E-state index contributed by atoms with van der Waals surface area (Å²) in [6, 6.07) is 22.5. The number of ketones is 1. The Hall–Kier alpha value is -4.12. The highest BCUT2D eigenvalue weighted by Gasteiger charge is 2.28. The Morgan fingerprint density at radius 1 is 0.857 bits per heavy atom. The minimum atomic E-state index is -0.495. The van der Waals surface area contributed by atoms with Crippen molar-refractivity contribution in [1.82, 2.24) is 20.0 Å². The van der Waals surface area contributed by atoms with E-state index < -0.39 is 11.9 Å². The third-order valence-corrected chi connectivity index (χ3v) is 9.70. The van der Waals surface area contributed by atoms with Crippen LogP contribution in [0.25, 0.3) is 11.1 Å². The number of Topliss-reactive ketones (excluding diaryl/α,β-unsaturated/α-hetero) is 1. The van der Waals surface area contributed by atoms with Crippen molar-refractivity contribution in [2.24, 2.45) is 5.92 Å². The lowest BCUT2D eigenvalue weighted by molar-refractivity contribution is -0.136. The van der Waals surface area contributed by atoms with Crippen LogP contribution in [-0.2, 0) is 16.1 Å². The first-order chi connectivity index (χ1) is 23.8. The van der Waals surface area contributed by atoms with Crippen molar-refractivity contribution in [3.05, 3.63) is 89.7 Å². The van der Waals surface area contributed by atoms with Crippen LogP contribution in [0, 0.1) is 11.7 Å². The Bertz CT molecular complexity index is 1530. The summed E-state index contributed by atoms with van der Waals surface area (Å²) in [5.74, 6) is -0.461. The van der Waals surface area contributed by atoms with Gasteiger partial charge in [0.15, 0.2) is 5.78 Å². The molecule has 49 heavy (non-hydrogen) atoms. The van der Waals surface area contributed by atoms with E-state index in [9.17, 15) is 18.8 Å². The van der Waals surface area contributed by atoms with E-state index >= 15 is 0 Å². The molecule has 0 atom stereocenters. The lowest BCUT2D eigenvalue weighted by Gasteiger charge is -2.33. The van der Waals surface area contributed by atoms with Crippen LogP contribution in [0.4, 0.5) is 14.9 Å². The minimum Gasteiger partial charge on any atom is -0.446 e. The maximum Gasteiger partial charge on any atom is 0.411 e.